The first kappa shape index (κ1) is 14.4. The Labute approximate surface area is 117 Å². The maximum atomic E-state index is 11.2. The van der Waals surface area contributed by atoms with Gasteiger partial charge in [-0.2, -0.15) is 0 Å². The lowest BCUT2D eigenvalue weighted by molar-refractivity contribution is 0.174. The summed E-state index contributed by atoms with van der Waals surface area (Å²) in [4.78, 5) is 0. The summed E-state index contributed by atoms with van der Waals surface area (Å²) in [5.74, 6) is 1.21. The number of halogens is 1. The van der Waals surface area contributed by atoms with E-state index in [9.17, 15) is 8.42 Å². The molecule has 1 aromatic carbocycles. The molecule has 0 aromatic heterocycles. The van der Waals surface area contributed by atoms with Gasteiger partial charge in [0.15, 0.2) is 11.5 Å². The molecule has 106 valence electrons. The summed E-state index contributed by atoms with van der Waals surface area (Å²) in [6.45, 7) is 1.04. The van der Waals surface area contributed by atoms with Crippen LogP contribution in [-0.4, -0.2) is 34.6 Å². The van der Waals surface area contributed by atoms with Crippen LogP contribution in [0.25, 0.3) is 0 Å². The standard InChI is InChI=1S/C11H15ClN2O4S/c1-13-19(15,16)3-2-14-6-8-4-9(12)11-10(5-8)17-7-18-11/h4-5,13-14H,2-3,6-7H2,1H3. The number of sulfonamides is 1. The van der Waals surface area contributed by atoms with E-state index in [1.54, 1.807) is 6.07 Å². The third-order valence-corrected chi connectivity index (χ3v) is 4.32. The molecule has 0 atom stereocenters. The maximum Gasteiger partial charge on any atom is 0.231 e. The number of benzene rings is 1. The molecule has 19 heavy (non-hydrogen) atoms. The van der Waals surface area contributed by atoms with Crippen LogP contribution in [0.15, 0.2) is 12.1 Å². The number of hydrogen-bond donors (Lipinski definition) is 2. The summed E-state index contributed by atoms with van der Waals surface area (Å²) >= 11 is 6.04. The highest BCUT2D eigenvalue weighted by Gasteiger charge is 2.18. The lowest BCUT2D eigenvalue weighted by atomic mass is 10.2. The highest BCUT2D eigenvalue weighted by atomic mass is 35.5. The van der Waals surface area contributed by atoms with Crippen LogP contribution in [0.4, 0.5) is 0 Å². The van der Waals surface area contributed by atoms with Crippen molar-refractivity contribution in [2.75, 3.05) is 26.1 Å². The fourth-order valence-electron chi connectivity index (χ4n) is 1.66. The van der Waals surface area contributed by atoms with Crippen molar-refractivity contribution in [2.24, 2.45) is 0 Å². The molecule has 0 radical (unpaired) electrons. The average molecular weight is 307 g/mol. The van der Waals surface area contributed by atoms with Gasteiger partial charge < -0.3 is 14.8 Å². The molecule has 2 rings (SSSR count). The molecule has 0 unspecified atom stereocenters. The lowest BCUT2D eigenvalue weighted by Crippen LogP contribution is -2.29. The van der Waals surface area contributed by atoms with E-state index in [0.717, 1.165) is 5.56 Å². The highest BCUT2D eigenvalue weighted by Crippen LogP contribution is 2.39. The predicted octanol–water partition coefficient (Wildman–Crippen LogP) is 0.708. The van der Waals surface area contributed by atoms with Gasteiger partial charge in [0, 0.05) is 13.1 Å². The van der Waals surface area contributed by atoms with Crippen molar-refractivity contribution in [3.8, 4) is 11.5 Å². The van der Waals surface area contributed by atoms with Crippen LogP contribution in [0.2, 0.25) is 5.02 Å². The van der Waals surface area contributed by atoms with Crippen molar-refractivity contribution in [1.29, 1.82) is 0 Å². The maximum absolute atomic E-state index is 11.2. The van der Waals surface area contributed by atoms with Gasteiger partial charge in [-0.05, 0) is 24.7 Å². The second-order valence-electron chi connectivity index (χ2n) is 4.01. The van der Waals surface area contributed by atoms with Gasteiger partial charge >= 0.3 is 0 Å². The first-order valence-corrected chi connectivity index (χ1v) is 7.75. The molecular formula is C11H15ClN2O4S. The van der Waals surface area contributed by atoms with Gasteiger partial charge in [0.25, 0.3) is 0 Å². The second kappa shape index (κ2) is 5.96. The SMILES string of the molecule is CNS(=O)(=O)CCNCc1cc(Cl)c2c(c1)OCO2. The third-order valence-electron chi connectivity index (χ3n) is 2.67. The van der Waals surface area contributed by atoms with Gasteiger partial charge in [-0.3, -0.25) is 0 Å². The van der Waals surface area contributed by atoms with Gasteiger partial charge in [-0.15, -0.1) is 0 Å². The lowest BCUT2D eigenvalue weighted by Gasteiger charge is -2.07. The Morgan fingerprint density at radius 2 is 2.16 bits per heavy atom. The predicted molar refractivity (Wildman–Crippen MR) is 72.1 cm³/mol. The first-order valence-electron chi connectivity index (χ1n) is 5.72. The number of hydrogen-bond acceptors (Lipinski definition) is 5. The minimum Gasteiger partial charge on any atom is -0.454 e. The molecule has 0 fully saturated rings. The van der Waals surface area contributed by atoms with Crippen molar-refractivity contribution >= 4 is 21.6 Å². The van der Waals surface area contributed by atoms with E-state index in [4.69, 9.17) is 21.1 Å². The van der Waals surface area contributed by atoms with Gasteiger partial charge in [0.1, 0.15) is 0 Å². The summed E-state index contributed by atoms with van der Waals surface area (Å²) in [5, 5.41) is 3.53. The molecule has 0 saturated heterocycles. The van der Waals surface area contributed by atoms with Gasteiger partial charge in [-0.1, -0.05) is 11.6 Å². The normalized spacial score (nSPS) is 13.8. The molecule has 1 aliphatic rings. The number of ether oxygens (including phenoxy) is 2. The van der Waals surface area contributed by atoms with E-state index in [2.05, 4.69) is 10.0 Å². The zero-order chi connectivity index (χ0) is 13.9. The van der Waals surface area contributed by atoms with E-state index >= 15 is 0 Å². The summed E-state index contributed by atoms with van der Waals surface area (Å²) in [7, 11) is -1.78. The van der Waals surface area contributed by atoms with E-state index in [1.807, 2.05) is 6.07 Å². The van der Waals surface area contributed by atoms with Crippen LogP contribution in [0, 0.1) is 0 Å². The molecule has 1 aliphatic heterocycles. The Morgan fingerprint density at radius 1 is 1.37 bits per heavy atom. The fraction of sp³-hybridized carbons (Fsp3) is 0.455. The smallest absolute Gasteiger partial charge is 0.231 e. The quantitative estimate of drug-likeness (QED) is 0.757. The number of fused-ring (bicyclic) bond motifs is 1. The van der Waals surface area contributed by atoms with Crippen molar-refractivity contribution < 1.29 is 17.9 Å². The van der Waals surface area contributed by atoms with Gasteiger partial charge in [0.05, 0.1) is 10.8 Å². The molecule has 0 saturated carbocycles. The van der Waals surface area contributed by atoms with Crippen molar-refractivity contribution in [2.45, 2.75) is 6.54 Å². The summed E-state index contributed by atoms with van der Waals surface area (Å²) in [5.41, 5.74) is 0.913. The Hall–Kier alpha value is -1.02. The molecule has 0 aliphatic carbocycles. The zero-order valence-electron chi connectivity index (χ0n) is 10.4. The second-order valence-corrected chi connectivity index (χ2v) is 6.46. The van der Waals surface area contributed by atoms with Crippen molar-refractivity contribution in [3.63, 3.8) is 0 Å². The van der Waals surface area contributed by atoms with Crippen LogP contribution in [0.5, 0.6) is 11.5 Å². The van der Waals surface area contributed by atoms with Crippen molar-refractivity contribution in [3.05, 3.63) is 22.7 Å². The minimum atomic E-state index is -3.17. The Bertz CT molecular complexity index is 562. The fourth-order valence-corrected chi connectivity index (χ4v) is 2.57. The summed E-state index contributed by atoms with van der Waals surface area (Å²) < 4.78 is 35.1. The van der Waals surface area contributed by atoms with Crippen molar-refractivity contribution in [1.82, 2.24) is 10.0 Å². The Balaban J connectivity index is 1.89. The molecular weight excluding hydrogens is 292 g/mol. The van der Waals surface area contributed by atoms with Crippen LogP contribution >= 0.6 is 11.6 Å². The van der Waals surface area contributed by atoms with Crippen LogP contribution in [0.3, 0.4) is 0 Å². The topological polar surface area (TPSA) is 76.7 Å². The molecule has 6 nitrogen and oxygen atoms in total. The van der Waals surface area contributed by atoms with E-state index < -0.39 is 10.0 Å². The Morgan fingerprint density at radius 3 is 2.89 bits per heavy atom. The van der Waals surface area contributed by atoms with E-state index in [1.165, 1.54) is 7.05 Å². The van der Waals surface area contributed by atoms with Gasteiger partial charge in [0.2, 0.25) is 16.8 Å². The molecule has 0 amide bonds. The molecule has 0 spiro atoms. The molecule has 2 N–H and O–H groups in total. The summed E-state index contributed by atoms with van der Waals surface area (Å²) in [6, 6.07) is 3.60. The van der Waals surface area contributed by atoms with Crippen LogP contribution in [0.1, 0.15) is 5.56 Å². The summed E-state index contributed by atoms with van der Waals surface area (Å²) in [6.07, 6.45) is 0. The average Bonchev–Trinajstić information content (AvgIpc) is 2.83. The number of nitrogens with one attached hydrogen (secondary N) is 2. The van der Waals surface area contributed by atoms with Crippen LogP contribution < -0.4 is 19.5 Å². The van der Waals surface area contributed by atoms with E-state index in [0.29, 0.717) is 29.6 Å². The highest BCUT2D eigenvalue weighted by molar-refractivity contribution is 7.89. The molecule has 1 heterocycles. The molecule has 8 heteroatoms. The first-order chi connectivity index (χ1) is 9.02. The minimum absolute atomic E-state index is 0.0295. The molecule has 1 aromatic rings. The monoisotopic (exact) mass is 306 g/mol. The van der Waals surface area contributed by atoms with Gasteiger partial charge in [-0.25, -0.2) is 13.1 Å². The Kier molecular flexibility index (Phi) is 4.51. The molecule has 0 bridgehead atoms. The van der Waals surface area contributed by atoms with Crippen LogP contribution in [-0.2, 0) is 16.6 Å². The largest absolute Gasteiger partial charge is 0.454 e. The zero-order valence-corrected chi connectivity index (χ0v) is 12.0. The van der Waals surface area contributed by atoms with E-state index in [-0.39, 0.29) is 12.5 Å². The number of rotatable bonds is 6. The third kappa shape index (κ3) is 3.73.